The van der Waals surface area contributed by atoms with E-state index in [1.165, 1.54) is 43.5 Å². The van der Waals surface area contributed by atoms with Gasteiger partial charge in [-0.3, -0.25) is 14.9 Å². The lowest BCUT2D eigenvalue weighted by atomic mass is 10.0. The normalized spacial score (nSPS) is 12.8. The summed E-state index contributed by atoms with van der Waals surface area (Å²) in [5, 5.41) is 17.2. The second kappa shape index (κ2) is 9.74. The molecule has 0 bridgehead atoms. The summed E-state index contributed by atoms with van der Waals surface area (Å²) in [6.07, 6.45) is 1.89. The Balaban J connectivity index is 1.61. The van der Waals surface area contributed by atoms with Crippen molar-refractivity contribution < 1.29 is 28.0 Å². The average Bonchev–Trinajstić information content (AvgIpc) is 3.64. The molecule has 0 atom stereocenters. The maximum Gasteiger partial charge on any atom is 0.387 e. The highest BCUT2D eigenvalue weighted by molar-refractivity contribution is 6.05. The van der Waals surface area contributed by atoms with Gasteiger partial charge in [0.1, 0.15) is 17.2 Å². The number of halogens is 2. The summed E-state index contributed by atoms with van der Waals surface area (Å²) in [5.41, 5.74) is 1.46. The molecular weight excluding hydrogens is 448 g/mol. The molecule has 3 aromatic rings. The van der Waals surface area contributed by atoms with Crippen molar-refractivity contribution in [3.63, 3.8) is 0 Å². The van der Waals surface area contributed by atoms with Crippen molar-refractivity contribution in [2.24, 2.45) is 0 Å². The van der Waals surface area contributed by atoms with Gasteiger partial charge in [-0.25, -0.2) is 0 Å². The minimum atomic E-state index is -3.03. The molecule has 34 heavy (non-hydrogen) atoms. The first kappa shape index (κ1) is 23.0. The Morgan fingerprint density at radius 2 is 1.82 bits per heavy atom. The smallest absolute Gasteiger partial charge is 0.387 e. The molecule has 1 aliphatic carbocycles. The Morgan fingerprint density at radius 1 is 1.09 bits per heavy atom. The van der Waals surface area contributed by atoms with Gasteiger partial charge in [-0.2, -0.15) is 8.78 Å². The minimum absolute atomic E-state index is 0.0655. The molecule has 176 valence electrons. The van der Waals surface area contributed by atoms with Crippen LogP contribution in [0.4, 0.5) is 25.8 Å². The summed E-state index contributed by atoms with van der Waals surface area (Å²) in [7, 11) is 1.51. The molecule has 0 aliphatic heterocycles. The fraction of sp³-hybridized carbons (Fsp3) is 0.208. The van der Waals surface area contributed by atoms with Crippen LogP contribution in [-0.2, 0) is 0 Å². The first-order chi connectivity index (χ1) is 16.3. The van der Waals surface area contributed by atoms with E-state index in [1.54, 1.807) is 24.3 Å². The molecule has 1 amide bonds. The van der Waals surface area contributed by atoms with Gasteiger partial charge in [0.25, 0.3) is 11.6 Å². The third kappa shape index (κ3) is 5.40. The Bertz CT molecular complexity index is 1210. The number of hydrogen-bond donors (Lipinski definition) is 2. The van der Waals surface area contributed by atoms with Gasteiger partial charge in [-0.1, -0.05) is 12.1 Å². The van der Waals surface area contributed by atoms with Crippen LogP contribution in [0.2, 0.25) is 0 Å². The summed E-state index contributed by atoms with van der Waals surface area (Å²) in [6.45, 7) is -3.03. The Labute approximate surface area is 193 Å². The second-order valence-electron chi connectivity index (χ2n) is 7.68. The van der Waals surface area contributed by atoms with E-state index < -0.39 is 17.4 Å². The van der Waals surface area contributed by atoms with Crippen LogP contribution in [0, 0.1) is 10.1 Å². The number of nitrogens with zero attached hydrogens (tertiary/aromatic N) is 1. The number of carbonyl (C=O) groups excluding carboxylic acids is 1. The number of nitrogens with one attached hydrogen (secondary N) is 2. The van der Waals surface area contributed by atoms with Crippen molar-refractivity contribution in [3.05, 3.63) is 76.3 Å². The number of carbonyl (C=O) groups is 1. The van der Waals surface area contributed by atoms with E-state index >= 15 is 0 Å². The molecule has 1 aliphatic rings. The molecule has 4 rings (SSSR count). The van der Waals surface area contributed by atoms with Gasteiger partial charge in [0.2, 0.25) is 0 Å². The number of alkyl halides is 2. The summed E-state index contributed by atoms with van der Waals surface area (Å²) in [5.74, 6) is -0.0562. The predicted octanol–water partition coefficient (Wildman–Crippen LogP) is 5.70. The summed E-state index contributed by atoms with van der Waals surface area (Å²) >= 11 is 0. The van der Waals surface area contributed by atoms with Gasteiger partial charge in [-0.15, -0.1) is 0 Å². The van der Waals surface area contributed by atoms with E-state index in [2.05, 4.69) is 15.4 Å². The van der Waals surface area contributed by atoms with Crippen LogP contribution in [0.1, 0.15) is 23.2 Å². The zero-order valence-electron chi connectivity index (χ0n) is 18.1. The van der Waals surface area contributed by atoms with Gasteiger partial charge >= 0.3 is 6.61 Å². The number of nitro benzene ring substituents is 1. The third-order valence-corrected chi connectivity index (χ3v) is 5.25. The van der Waals surface area contributed by atoms with Crippen molar-refractivity contribution in [2.75, 3.05) is 17.7 Å². The lowest BCUT2D eigenvalue weighted by Crippen LogP contribution is -2.13. The molecule has 0 heterocycles. The van der Waals surface area contributed by atoms with Crippen LogP contribution in [0.25, 0.3) is 11.1 Å². The highest BCUT2D eigenvalue weighted by Gasteiger charge is 2.25. The number of anilines is 2. The monoisotopic (exact) mass is 469 g/mol. The number of rotatable bonds is 9. The third-order valence-electron chi connectivity index (χ3n) is 5.25. The molecule has 1 fully saturated rings. The van der Waals surface area contributed by atoms with Crippen LogP contribution in [0.15, 0.2) is 60.7 Å². The van der Waals surface area contributed by atoms with E-state index in [-0.39, 0.29) is 23.0 Å². The summed E-state index contributed by atoms with van der Waals surface area (Å²) in [4.78, 5) is 23.7. The fourth-order valence-electron chi connectivity index (χ4n) is 3.40. The molecule has 2 N–H and O–H groups in total. The number of ether oxygens (including phenoxy) is 2. The zero-order valence-corrected chi connectivity index (χ0v) is 18.1. The largest absolute Gasteiger partial charge is 0.497 e. The van der Waals surface area contributed by atoms with Crippen molar-refractivity contribution in [2.45, 2.75) is 25.5 Å². The molecule has 0 spiro atoms. The van der Waals surface area contributed by atoms with Crippen molar-refractivity contribution in [1.82, 2.24) is 0 Å². The maximum atomic E-state index is 12.9. The fourth-order valence-corrected chi connectivity index (χ4v) is 3.40. The number of methoxy groups -OCH3 is 1. The Morgan fingerprint density at radius 3 is 2.44 bits per heavy atom. The highest BCUT2D eigenvalue weighted by Crippen LogP contribution is 2.35. The minimum Gasteiger partial charge on any atom is -0.497 e. The van der Waals surface area contributed by atoms with E-state index in [0.29, 0.717) is 28.3 Å². The molecule has 0 aromatic heterocycles. The average molecular weight is 469 g/mol. The highest BCUT2D eigenvalue weighted by atomic mass is 19.3. The van der Waals surface area contributed by atoms with Gasteiger partial charge in [0.05, 0.1) is 12.0 Å². The topological polar surface area (TPSA) is 103 Å². The lowest BCUT2D eigenvalue weighted by molar-refractivity contribution is -0.384. The molecular formula is C24H21F2N3O5. The van der Waals surface area contributed by atoms with E-state index in [0.717, 1.165) is 12.8 Å². The van der Waals surface area contributed by atoms with E-state index in [1.807, 2.05) is 0 Å². The van der Waals surface area contributed by atoms with Crippen molar-refractivity contribution >= 4 is 23.0 Å². The summed E-state index contributed by atoms with van der Waals surface area (Å²) < 4.78 is 35.6. The van der Waals surface area contributed by atoms with Crippen molar-refractivity contribution in [3.8, 4) is 22.6 Å². The van der Waals surface area contributed by atoms with Crippen LogP contribution in [0.5, 0.6) is 11.5 Å². The summed E-state index contributed by atoms with van der Waals surface area (Å²) in [6, 6.07) is 15.3. The molecule has 10 heteroatoms. The van der Waals surface area contributed by atoms with E-state index in [4.69, 9.17) is 4.74 Å². The SMILES string of the molecule is COc1ccc(-c2cc(NC(=O)c3ccc(NC4CC4)c([N+](=O)[O-])c3)ccc2OC(F)F)cc1. The van der Waals surface area contributed by atoms with Gasteiger partial charge in [0.15, 0.2) is 0 Å². The number of nitro groups is 1. The standard InChI is InChI=1S/C24H21F2N3O5/c1-33-18-8-2-14(3-9-18)19-13-17(7-11-22(19)34-24(25)26)28-23(30)15-4-10-20(27-16-5-6-16)21(12-15)29(31)32/h2-4,7-13,16,24,27H,5-6H2,1H3,(H,28,30). The molecule has 0 unspecified atom stereocenters. The molecule has 8 nitrogen and oxygen atoms in total. The second-order valence-corrected chi connectivity index (χ2v) is 7.68. The molecule has 0 saturated heterocycles. The quantitative estimate of drug-likeness (QED) is 0.308. The number of hydrogen-bond acceptors (Lipinski definition) is 6. The molecule has 1 saturated carbocycles. The number of amides is 1. The van der Waals surface area contributed by atoms with Gasteiger partial charge < -0.3 is 20.1 Å². The molecule has 3 aromatic carbocycles. The van der Waals surface area contributed by atoms with Crippen molar-refractivity contribution in [1.29, 1.82) is 0 Å². The molecule has 0 radical (unpaired) electrons. The van der Waals surface area contributed by atoms with Crippen LogP contribution in [-0.4, -0.2) is 30.6 Å². The Kier molecular flexibility index (Phi) is 6.58. The van der Waals surface area contributed by atoms with Gasteiger partial charge in [-0.05, 0) is 60.9 Å². The van der Waals surface area contributed by atoms with Crippen LogP contribution in [0.3, 0.4) is 0 Å². The predicted molar refractivity (Wildman–Crippen MR) is 123 cm³/mol. The lowest BCUT2D eigenvalue weighted by Gasteiger charge is -2.14. The first-order valence-corrected chi connectivity index (χ1v) is 10.4. The van der Waals surface area contributed by atoms with Crippen LogP contribution >= 0.6 is 0 Å². The maximum absolute atomic E-state index is 12.9. The van der Waals surface area contributed by atoms with Crippen LogP contribution < -0.4 is 20.1 Å². The first-order valence-electron chi connectivity index (χ1n) is 10.4. The zero-order chi connectivity index (χ0) is 24.2. The van der Waals surface area contributed by atoms with E-state index in [9.17, 15) is 23.7 Å². The Hall–Kier alpha value is -4.21. The van der Waals surface area contributed by atoms with Gasteiger partial charge in [0, 0.05) is 28.9 Å². The number of benzene rings is 3.